The first-order valence-corrected chi connectivity index (χ1v) is 9.15. The van der Waals surface area contributed by atoms with Crippen molar-refractivity contribution in [2.75, 3.05) is 32.4 Å². The van der Waals surface area contributed by atoms with E-state index in [-0.39, 0.29) is 6.10 Å². The molecule has 5 nitrogen and oxygen atoms in total. The van der Waals surface area contributed by atoms with E-state index in [4.69, 9.17) is 0 Å². The van der Waals surface area contributed by atoms with Gasteiger partial charge in [0.1, 0.15) is 0 Å². The number of rotatable bonds is 4. The van der Waals surface area contributed by atoms with Crippen molar-refractivity contribution in [1.82, 2.24) is 9.62 Å². The number of aliphatic hydroxyl groups excluding tert-OH is 1. The van der Waals surface area contributed by atoms with Crippen LogP contribution in [0.2, 0.25) is 0 Å². The Balaban J connectivity index is 1.84. The van der Waals surface area contributed by atoms with Gasteiger partial charge in [-0.25, -0.2) is 12.7 Å². The Labute approximate surface area is 116 Å². The zero-order valence-corrected chi connectivity index (χ0v) is 12.5. The fourth-order valence-corrected chi connectivity index (χ4v) is 4.23. The minimum absolute atomic E-state index is 0.272. The predicted molar refractivity (Wildman–Crippen MR) is 75.4 cm³/mol. The van der Waals surface area contributed by atoms with E-state index in [0.29, 0.717) is 24.9 Å². The maximum absolute atomic E-state index is 11.6. The summed E-state index contributed by atoms with van der Waals surface area (Å²) in [7, 11) is -3.08. The molecule has 2 atom stereocenters. The molecule has 0 amide bonds. The molecule has 2 unspecified atom stereocenters. The molecule has 0 aromatic rings. The molecule has 0 aliphatic carbocycles. The molecule has 0 aromatic carbocycles. The van der Waals surface area contributed by atoms with Gasteiger partial charge in [-0.3, -0.25) is 0 Å². The summed E-state index contributed by atoms with van der Waals surface area (Å²) in [6.45, 7) is 3.20. The first-order valence-electron chi connectivity index (χ1n) is 7.30. The van der Waals surface area contributed by atoms with E-state index in [1.165, 1.54) is 6.26 Å². The van der Waals surface area contributed by atoms with E-state index in [1.54, 1.807) is 4.31 Å². The minimum Gasteiger partial charge on any atom is -0.393 e. The fourth-order valence-electron chi connectivity index (χ4n) is 3.28. The number of sulfonamides is 1. The molecule has 2 saturated heterocycles. The van der Waals surface area contributed by atoms with Crippen molar-refractivity contribution in [2.24, 2.45) is 11.8 Å². The molecule has 0 saturated carbocycles. The van der Waals surface area contributed by atoms with Crippen molar-refractivity contribution in [3.05, 3.63) is 0 Å². The summed E-state index contributed by atoms with van der Waals surface area (Å²) in [5.41, 5.74) is 0. The third kappa shape index (κ3) is 4.41. The van der Waals surface area contributed by atoms with Crippen molar-refractivity contribution in [2.45, 2.75) is 38.2 Å². The molecule has 2 N–H and O–H groups in total. The van der Waals surface area contributed by atoms with E-state index >= 15 is 0 Å². The Morgan fingerprint density at radius 3 is 2.63 bits per heavy atom. The maximum atomic E-state index is 11.6. The molecule has 2 aliphatic heterocycles. The second-order valence-electron chi connectivity index (χ2n) is 6.02. The number of nitrogens with zero attached hydrogens (tertiary/aromatic N) is 1. The van der Waals surface area contributed by atoms with Crippen LogP contribution in [0.1, 0.15) is 32.1 Å². The Bertz CT molecular complexity index is 379. The van der Waals surface area contributed by atoms with Crippen LogP contribution >= 0.6 is 0 Å². The summed E-state index contributed by atoms with van der Waals surface area (Å²) in [5, 5.41) is 13.6. The average Bonchev–Trinajstić information content (AvgIpc) is 2.39. The van der Waals surface area contributed by atoms with Crippen LogP contribution < -0.4 is 5.32 Å². The zero-order chi connectivity index (χ0) is 13.9. The van der Waals surface area contributed by atoms with Gasteiger partial charge in [-0.1, -0.05) is 0 Å². The number of aliphatic hydroxyl groups is 1. The molecule has 0 spiro atoms. The van der Waals surface area contributed by atoms with Gasteiger partial charge < -0.3 is 10.4 Å². The van der Waals surface area contributed by atoms with Crippen molar-refractivity contribution in [3.63, 3.8) is 0 Å². The highest BCUT2D eigenvalue weighted by Gasteiger charge is 2.30. The van der Waals surface area contributed by atoms with Crippen molar-refractivity contribution < 1.29 is 13.5 Å². The number of hydrogen-bond donors (Lipinski definition) is 2. The molecule has 2 aliphatic rings. The van der Waals surface area contributed by atoms with E-state index in [9.17, 15) is 13.5 Å². The van der Waals surface area contributed by atoms with E-state index < -0.39 is 10.0 Å². The van der Waals surface area contributed by atoms with Gasteiger partial charge >= 0.3 is 0 Å². The topological polar surface area (TPSA) is 69.6 Å². The lowest BCUT2D eigenvalue weighted by atomic mass is 9.84. The predicted octanol–water partition coefficient (Wildman–Crippen LogP) is 0.409. The Kier molecular flexibility index (Phi) is 5.22. The van der Waals surface area contributed by atoms with E-state index in [0.717, 1.165) is 45.2 Å². The Morgan fingerprint density at radius 1 is 1.32 bits per heavy atom. The third-order valence-electron chi connectivity index (χ3n) is 4.45. The lowest BCUT2D eigenvalue weighted by Gasteiger charge is -2.34. The van der Waals surface area contributed by atoms with Crippen molar-refractivity contribution in [1.29, 1.82) is 0 Å². The van der Waals surface area contributed by atoms with E-state index in [2.05, 4.69) is 5.32 Å². The Morgan fingerprint density at radius 2 is 2.00 bits per heavy atom. The molecule has 6 heteroatoms. The first kappa shape index (κ1) is 15.2. The molecule has 0 aromatic heterocycles. The van der Waals surface area contributed by atoms with Crippen LogP contribution in [-0.4, -0.2) is 56.4 Å². The van der Waals surface area contributed by atoms with Gasteiger partial charge in [0.2, 0.25) is 10.0 Å². The second kappa shape index (κ2) is 6.52. The van der Waals surface area contributed by atoms with Crippen LogP contribution in [0.25, 0.3) is 0 Å². The number of nitrogens with one attached hydrogen (secondary N) is 1. The summed E-state index contributed by atoms with van der Waals surface area (Å²) in [4.78, 5) is 0. The van der Waals surface area contributed by atoms with Crippen LogP contribution in [0.5, 0.6) is 0 Å². The molecule has 2 fully saturated rings. The molecule has 0 radical (unpaired) electrons. The van der Waals surface area contributed by atoms with Gasteiger partial charge in [-0.15, -0.1) is 0 Å². The quantitative estimate of drug-likeness (QED) is 0.787. The van der Waals surface area contributed by atoms with E-state index in [1.807, 2.05) is 0 Å². The van der Waals surface area contributed by atoms with Gasteiger partial charge in [0.15, 0.2) is 0 Å². The van der Waals surface area contributed by atoms with Gasteiger partial charge in [0.25, 0.3) is 0 Å². The van der Waals surface area contributed by atoms with Crippen LogP contribution in [0.15, 0.2) is 0 Å². The van der Waals surface area contributed by atoms with Gasteiger partial charge in [-0.05, 0) is 57.0 Å². The first-order chi connectivity index (χ1) is 8.97. The molecular formula is C13H26N2O3S. The lowest BCUT2D eigenvalue weighted by Crippen LogP contribution is -2.41. The Hall–Kier alpha value is -0.170. The number of piperidine rings is 2. The molecule has 112 valence electrons. The van der Waals surface area contributed by atoms with Crippen LogP contribution in [-0.2, 0) is 10.0 Å². The van der Waals surface area contributed by atoms with Crippen LogP contribution in [0.3, 0.4) is 0 Å². The SMILES string of the molecule is CS(=O)(=O)N1CCCC(CC(O)C2CCNCC2)C1. The molecule has 2 rings (SSSR count). The second-order valence-corrected chi connectivity index (χ2v) is 8.00. The zero-order valence-electron chi connectivity index (χ0n) is 11.7. The standard InChI is InChI=1S/C13H26N2O3S/c1-19(17,18)15-8-2-3-11(10-15)9-13(16)12-4-6-14-7-5-12/h11-14,16H,2-10H2,1H3. The summed E-state index contributed by atoms with van der Waals surface area (Å²) < 4.78 is 24.7. The molecule has 2 heterocycles. The normalized spacial score (nSPS) is 29.3. The van der Waals surface area contributed by atoms with Gasteiger partial charge in [0, 0.05) is 13.1 Å². The third-order valence-corrected chi connectivity index (χ3v) is 5.72. The lowest BCUT2D eigenvalue weighted by molar-refractivity contribution is 0.0562. The largest absolute Gasteiger partial charge is 0.393 e. The average molecular weight is 290 g/mol. The molecule has 0 bridgehead atoms. The molecular weight excluding hydrogens is 264 g/mol. The summed E-state index contributed by atoms with van der Waals surface area (Å²) in [5.74, 6) is 0.697. The van der Waals surface area contributed by atoms with Gasteiger partial charge in [-0.2, -0.15) is 0 Å². The van der Waals surface area contributed by atoms with Crippen LogP contribution in [0, 0.1) is 11.8 Å². The highest BCUT2D eigenvalue weighted by Crippen LogP contribution is 2.27. The van der Waals surface area contributed by atoms with Crippen molar-refractivity contribution >= 4 is 10.0 Å². The van der Waals surface area contributed by atoms with Crippen molar-refractivity contribution in [3.8, 4) is 0 Å². The van der Waals surface area contributed by atoms with Crippen LogP contribution in [0.4, 0.5) is 0 Å². The molecule has 19 heavy (non-hydrogen) atoms. The monoisotopic (exact) mass is 290 g/mol. The summed E-state index contributed by atoms with van der Waals surface area (Å²) in [6.07, 6.45) is 5.76. The summed E-state index contributed by atoms with van der Waals surface area (Å²) in [6, 6.07) is 0. The number of hydrogen-bond acceptors (Lipinski definition) is 4. The van der Waals surface area contributed by atoms with Gasteiger partial charge in [0.05, 0.1) is 12.4 Å². The maximum Gasteiger partial charge on any atom is 0.211 e. The highest BCUT2D eigenvalue weighted by molar-refractivity contribution is 7.88. The highest BCUT2D eigenvalue weighted by atomic mass is 32.2. The summed E-state index contributed by atoms with van der Waals surface area (Å²) >= 11 is 0. The smallest absolute Gasteiger partial charge is 0.211 e. The fraction of sp³-hybridized carbons (Fsp3) is 1.00. The minimum atomic E-state index is -3.08.